The number of nitrogens with zero attached hydrogens (tertiary/aromatic N) is 2. The number of anilines is 1. The number of hydrogen-bond acceptors (Lipinski definition) is 5. The first kappa shape index (κ1) is 15.6. The van der Waals surface area contributed by atoms with Gasteiger partial charge in [0.25, 0.3) is 5.89 Å². The van der Waals surface area contributed by atoms with E-state index in [4.69, 9.17) is 4.52 Å². The lowest BCUT2D eigenvalue weighted by Gasteiger charge is -2.20. The van der Waals surface area contributed by atoms with Crippen molar-refractivity contribution >= 4 is 22.2 Å². The summed E-state index contributed by atoms with van der Waals surface area (Å²) in [6.07, 6.45) is 11.2. The lowest BCUT2D eigenvalue weighted by atomic mass is 9.89. The zero-order valence-electron chi connectivity index (χ0n) is 14.3. The van der Waals surface area contributed by atoms with Crippen molar-refractivity contribution in [3.05, 3.63) is 16.3 Å². The van der Waals surface area contributed by atoms with E-state index in [1.807, 2.05) is 0 Å². The van der Waals surface area contributed by atoms with E-state index < -0.39 is 0 Å². The minimum atomic E-state index is 0.156. The first-order valence-corrected chi connectivity index (χ1v) is 10.4. The normalized spacial score (nSPS) is 20.6. The maximum Gasteiger partial charge on any atom is 0.261 e. The Morgan fingerprint density at radius 1 is 1.08 bits per heavy atom. The van der Waals surface area contributed by atoms with Gasteiger partial charge in [-0.15, -0.1) is 11.3 Å². The lowest BCUT2D eigenvalue weighted by molar-refractivity contribution is -0.120. The van der Waals surface area contributed by atoms with Gasteiger partial charge in [-0.25, -0.2) is 0 Å². The summed E-state index contributed by atoms with van der Waals surface area (Å²) < 4.78 is 5.60. The average molecular weight is 357 g/mol. The van der Waals surface area contributed by atoms with Gasteiger partial charge in [0.2, 0.25) is 5.91 Å². The summed E-state index contributed by atoms with van der Waals surface area (Å²) in [4.78, 5) is 18.8. The van der Waals surface area contributed by atoms with Crippen molar-refractivity contribution in [2.45, 2.75) is 70.1 Å². The fraction of sp³-hybridized carbons (Fsp3) is 0.632. The Hall–Kier alpha value is -1.69. The van der Waals surface area contributed by atoms with E-state index in [2.05, 4.69) is 15.5 Å². The number of carbonyl (C=O) groups is 1. The predicted octanol–water partition coefficient (Wildman–Crippen LogP) is 4.68. The molecule has 0 atom stereocenters. The summed E-state index contributed by atoms with van der Waals surface area (Å²) in [6, 6.07) is 0. The Morgan fingerprint density at radius 2 is 1.92 bits per heavy atom. The minimum Gasteiger partial charge on any atom is -0.334 e. The Labute approximate surface area is 151 Å². The molecule has 2 aromatic rings. The van der Waals surface area contributed by atoms with E-state index in [0.29, 0.717) is 11.8 Å². The van der Waals surface area contributed by atoms with Crippen LogP contribution in [0.25, 0.3) is 11.5 Å². The van der Waals surface area contributed by atoms with Crippen LogP contribution in [-0.2, 0) is 17.6 Å². The molecule has 0 spiro atoms. The molecule has 0 saturated heterocycles. The second-order valence-corrected chi connectivity index (χ2v) is 8.72. The number of carbonyl (C=O) groups excluding carboxylic acids is 1. The molecule has 6 heteroatoms. The molecule has 25 heavy (non-hydrogen) atoms. The summed E-state index contributed by atoms with van der Waals surface area (Å²) in [5.41, 5.74) is 2.32. The van der Waals surface area contributed by atoms with E-state index in [-0.39, 0.29) is 11.8 Å². The van der Waals surface area contributed by atoms with E-state index in [0.717, 1.165) is 54.9 Å². The lowest BCUT2D eigenvalue weighted by Crippen LogP contribution is -2.24. The van der Waals surface area contributed by atoms with Crippen molar-refractivity contribution in [1.82, 2.24) is 10.1 Å². The van der Waals surface area contributed by atoms with Gasteiger partial charge in [-0.3, -0.25) is 4.79 Å². The summed E-state index contributed by atoms with van der Waals surface area (Å²) in [5, 5.41) is 8.31. The third kappa shape index (κ3) is 2.90. The van der Waals surface area contributed by atoms with Crippen LogP contribution in [0.3, 0.4) is 0 Å². The van der Waals surface area contributed by atoms with Crippen LogP contribution in [0.2, 0.25) is 0 Å². The average Bonchev–Trinajstić information content (AvgIpc) is 3.04. The molecule has 0 aromatic carbocycles. The van der Waals surface area contributed by atoms with Crippen LogP contribution in [0.15, 0.2) is 4.52 Å². The maximum atomic E-state index is 12.7. The van der Waals surface area contributed by atoms with Crippen LogP contribution in [0.1, 0.15) is 73.5 Å². The van der Waals surface area contributed by atoms with Crippen molar-refractivity contribution in [2.75, 3.05) is 5.32 Å². The van der Waals surface area contributed by atoms with Gasteiger partial charge in [-0.2, -0.15) is 4.98 Å². The van der Waals surface area contributed by atoms with Gasteiger partial charge < -0.3 is 9.84 Å². The number of amides is 1. The van der Waals surface area contributed by atoms with Gasteiger partial charge in [0.05, 0.1) is 5.56 Å². The number of nitrogens with one attached hydrogen (secondary N) is 1. The third-order valence-electron chi connectivity index (χ3n) is 5.73. The summed E-state index contributed by atoms with van der Waals surface area (Å²) in [7, 11) is 0. The standard InChI is InChI=1S/C19H23N3O2S/c23-17(12-5-2-1-3-6-12)21-19-15(13-7-4-8-14(13)25-19)18-20-16(22-24-18)11-9-10-11/h11-12H,1-10H2,(H,21,23). The van der Waals surface area contributed by atoms with Gasteiger partial charge >= 0.3 is 0 Å². The number of hydrogen-bond donors (Lipinski definition) is 1. The zero-order chi connectivity index (χ0) is 16.8. The number of fused-ring (bicyclic) bond motifs is 1. The molecule has 0 bridgehead atoms. The van der Waals surface area contributed by atoms with Crippen molar-refractivity contribution in [3.63, 3.8) is 0 Å². The largest absolute Gasteiger partial charge is 0.334 e. The topological polar surface area (TPSA) is 68.0 Å². The second-order valence-electron chi connectivity index (χ2n) is 7.62. The minimum absolute atomic E-state index is 0.156. The molecular formula is C19H23N3O2S. The van der Waals surface area contributed by atoms with Crippen molar-refractivity contribution in [2.24, 2.45) is 5.92 Å². The molecule has 1 N–H and O–H groups in total. The molecule has 0 radical (unpaired) electrons. The molecule has 1 amide bonds. The number of rotatable bonds is 4. The molecule has 2 fully saturated rings. The van der Waals surface area contributed by atoms with E-state index in [1.165, 1.54) is 36.1 Å². The zero-order valence-corrected chi connectivity index (χ0v) is 15.2. The predicted molar refractivity (Wildman–Crippen MR) is 96.8 cm³/mol. The van der Waals surface area contributed by atoms with Crippen LogP contribution in [0.4, 0.5) is 5.00 Å². The molecule has 3 aliphatic rings. The first-order chi connectivity index (χ1) is 12.3. The molecular weight excluding hydrogens is 334 g/mol. The fourth-order valence-corrected chi connectivity index (χ4v) is 5.43. The van der Waals surface area contributed by atoms with Gasteiger partial charge in [0, 0.05) is 16.7 Å². The van der Waals surface area contributed by atoms with E-state index in [1.54, 1.807) is 11.3 Å². The van der Waals surface area contributed by atoms with Crippen LogP contribution in [0.5, 0.6) is 0 Å². The van der Waals surface area contributed by atoms with Crippen molar-refractivity contribution in [1.29, 1.82) is 0 Å². The first-order valence-electron chi connectivity index (χ1n) is 9.59. The monoisotopic (exact) mass is 357 g/mol. The van der Waals surface area contributed by atoms with Gasteiger partial charge in [0.15, 0.2) is 5.82 Å². The Bertz CT molecular complexity index is 800. The Morgan fingerprint density at radius 3 is 2.72 bits per heavy atom. The molecule has 2 saturated carbocycles. The van der Waals surface area contributed by atoms with Crippen LogP contribution in [0, 0.1) is 5.92 Å². The van der Waals surface area contributed by atoms with Crippen LogP contribution >= 0.6 is 11.3 Å². The Balaban J connectivity index is 1.45. The maximum absolute atomic E-state index is 12.7. The van der Waals surface area contributed by atoms with E-state index in [9.17, 15) is 4.79 Å². The highest BCUT2D eigenvalue weighted by atomic mass is 32.1. The summed E-state index contributed by atoms with van der Waals surface area (Å²) in [6.45, 7) is 0. The van der Waals surface area contributed by atoms with Crippen molar-refractivity contribution < 1.29 is 9.32 Å². The number of aromatic nitrogens is 2. The van der Waals surface area contributed by atoms with Gasteiger partial charge in [0.1, 0.15) is 5.00 Å². The van der Waals surface area contributed by atoms with Crippen molar-refractivity contribution in [3.8, 4) is 11.5 Å². The number of thiophene rings is 1. The van der Waals surface area contributed by atoms with Crippen LogP contribution in [-0.4, -0.2) is 16.0 Å². The molecule has 2 heterocycles. The Kier molecular flexibility index (Phi) is 3.88. The fourth-order valence-electron chi connectivity index (χ4n) is 4.14. The summed E-state index contributed by atoms with van der Waals surface area (Å²) in [5.74, 6) is 2.23. The molecule has 5 rings (SSSR count). The molecule has 2 aromatic heterocycles. The van der Waals surface area contributed by atoms with Gasteiger partial charge in [-0.1, -0.05) is 24.4 Å². The highest BCUT2D eigenvalue weighted by molar-refractivity contribution is 7.17. The van der Waals surface area contributed by atoms with E-state index >= 15 is 0 Å². The molecule has 0 unspecified atom stereocenters. The highest BCUT2D eigenvalue weighted by Gasteiger charge is 2.32. The third-order valence-corrected chi connectivity index (χ3v) is 6.94. The molecule has 132 valence electrons. The molecule has 3 aliphatic carbocycles. The summed E-state index contributed by atoms with van der Waals surface area (Å²) >= 11 is 1.71. The molecule has 0 aliphatic heterocycles. The quantitative estimate of drug-likeness (QED) is 0.862. The van der Waals surface area contributed by atoms with Gasteiger partial charge in [-0.05, 0) is 50.5 Å². The SMILES string of the molecule is O=C(Nc1sc2c(c1-c1nc(C3CC3)no1)CCC2)C1CCCCC1. The number of aryl methyl sites for hydroxylation is 1. The smallest absolute Gasteiger partial charge is 0.261 e. The second kappa shape index (κ2) is 6.24. The molecule has 5 nitrogen and oxygen atoms in total. The van der Waals surface area contributed by atoms with Crippen LogP contribution < -0.4 is 5.32 Å². The highest BCUT2D eigenvalue weighted by Crippen LogP contribution is 2.46.